The quantitative estimate of drug-likeness (QED) is 0.449. The molecule has 5 heteroatoms. The second-order valence-electron chi connectivity index (χ2n) is 6.91. The first kappa shape index (κ1) is 20.6. The van der Waals surface area contributed by atoms with Crippen LogP contribution in [-0.2, 0) is 13.2 Å². The highest BCUT2D eigenvalue weighted by atomic mass is 35.5. The molecule has 0 aromatic heterocycles. The molecule has 148 valence electrons. The van der Waals surface area contributed by atoms with Crippen molar-refractivity contribution in [3.63, 3.8) is 0 Å². The van der Waals surface area contributed by atoms with E-state index in [0.717, 1.165) is 35.0 Å². The highest BCUT2D eigenvalue weighted by Gasteiger charge is 2.09. The van der Waals surface area contributed by atoms with Gasteiger partial charge in [-0.15, -0.1) is 0 Å². The van der Waals surface area contributed by atoms with E-state index in [2.05, 4.69) is 34.9 Å². The molecule has 0 unspecified atom stereocenters. The van der Waals surface area contributed by atoms with Gasteiger partial charge < -0.3 is 20.5 Å². The minimum atomic E-state index is -0.328. The summed E-state index contributed by atoms with van der Waals surface area (Å²) >= 11 is 5.96. The van der Waals surface area contributed by atoms with Gasteiger partial charge in [0.05, 0.1) is 6.10 Å². The van der Waals surface area contributed by atoms with Crippen LogP contribution in [0.5, 0.6) is 5.75 Å². The molecule has 0 bridgehead atoms. The average Bonchev–Trinajstić information content (AvgIpc) is 2.70. The summed E-state index contributed by atoms with van der Waals surface area (Å²) in [7, 11) is 0. The number of halogens is 1. The Morgan fingerprint density at radius 1 is 0.964 bits per heavy atom. The summed E-state index contributed by atoms with van der Waals surface area (Å²) < 4.78 is 6.15. The molecule has 3 aromatic rings. The van der Waals surface area contributed by atoms with E-state index in [1.54, 1.807) is 6.92 Å². The number of hydrogen-bond acceptors (Lipinski definition) is 4. The van der Waals surface area contributed by atoms with Crippen LogP contribution in [0, 0.1) is 0 Å². The molecule has 0 radical (unpaired) electrons. The molecule has 4 nitrogen and oxygen atoms in total. The van der Waals surface area contributed by atoms with Gasteiger partial charge in [0, 0.05) is 36.8 Å². The maximum absolute atomic E-state index is 9.30. The number of aliphatic hydroxyl groups excluding tert-OH is 1. The van der Waals surface area contributed by atoms with Crippen molar-refractivity contribution in [2.75, 3.05) is 19.6 Å². The molecule has 0 fully saturated rings. The van der Waals surface area contributed by atoms with Gasteiger partial charge in [0.1, 0.15) is 12.4 Å². The number of hydrogen-bond donors (Lipinski definition) is 3. The second-order valence-corrected chi connectivity index (χ2v) is 7.34. The molecule has 1 atom stereocenters. The molecule has 3 aromatic carbocycles. The van der Waals surface area contributed by atoms with Crippen LogP contribution in [0.25, 0.3) is 10.8 Å². The molecule has 0 spiro atoms. The summed E-state index contributed by atoms with van der Waals surface area (Å²) in [6.45, 7) is 5.21. The third-order valence-electron chi connectivity index (χ3n) is 4.53. The molecular weight excluding hydrogens is 372 g/mol. The molecule has 28 heavy (non-hydrogen) atoms. The van der Waals surface area contributed by atoms with Gasteiger partial charge in [0.15, 0.2) is 0 Å². The molecule has 0 aliphatic rings. The summed E-state index contributed by atoms with van der Waals surface area (Å²) in [6, 6.07) is 20.2. The summed E-state index contributed by atoms with van der Waals surface area (Å²) in [5.74, 6) is 0.887. The lowest BCUT2D eigenvalue weighted by Gasteiger charge is -2.15. The Kier molecular flexibility index (Phi) is 7.69. The van der Waals surface area contributed by atoms with Crippen molar-refractivity contribution in [3.8, 4) is 5.75 Å². The van der Waals surface area contributed by atoms with Crippen molar-refractivity contribution in [2.24, 2.45) is 0 Å². The van der Waals surface area contributed by atoms with E-state index in [9.17, 15) is 5.11 Å². The first-order chi connectivity index (χ1) is 13.6. The minimum absolute atomic E-state index is 0.328. The highest BCUT2D eigenvalue weighted by Crippen LogP contribution is 2.29. The van der Waals surface area contributed by atoms with Crippen molar-refractivity contribution < 1.29 is 9.84 Å². The standard InChI is InChI=1S/C23H27ClN2O2/c1-17(27)14-25-12-13-26-15-22-21-5-3-2-4-19(21)8-11-23(22)28-16-18-6-9-20(24)10-7-18/h2-11,17,25-27H,12-16H2,1H3/t17-/m0/s1. The summed E-state index contributed by atoms with van der Waals surface area (Å²) in [5, 5.41) is 19.1. The molecule has 0 amide bonds. The molecule has 0 heterocycles. The zero-order valence-corrected chi connectivity index (χ0v) is 16.9. The second kappa shape index (κ2) is 10.4. The van der Waals surface area contributed by atoms with E-state index >= 15 is 0 Å². The predicted molar refractivity (Wildman–Crippen MR) is 116 cm³/mol. The van der Waals surface area contributed by atoms with E-state index in [4.69, 9.17) is 16.3 Å². The third-order valence-corrected chi connectivity index (χ3v) is 4.78. The fourth-order valence-corrected chi connectivity index (χ4v) is 3.20. The number of ether oxygens (including phenoxy) is 1. The average molecular weight is 399 g/mol. The number of nitrogens with one attached hydrogen (secondary N) is 2. The van der Waals surface area contributed by atoms with E-state index in [0.29, 0.717) is 19.7 Å². The van der Waals surface area contributed by atoms with Crippen LogP contribution >= 0.6 is 11.6 Å². The number of benzene rings is 3. The van der Waals surface area contributed by atoms with Gasteiger partial charge in [0.25, 0.3) is 0 Å². The first-order valence-electron chi connectivity index (χ1n) is 9.61. The summed E-state index contributed by atoms with van der Waals surface area (Å²) in [6.07, 6.45) is -0.328. The van der Waals surface area contributed by atoms with Gasteiger partial charge in [-0.05, 0) is 41.5 Å². The Balaban J connectivity index is 1.68. The number of rotatable bonds is 10. The SMILES string of the molecule is C[C@H](O)CNCCNCc1c(OCc2ccc(Cl)cc2)ccc2ccccc12. The van der Waals surface area contributed by atoms with Crippen molar-refractivity contribution in [1.82, 2.24) is 10.6 Å². The molecule has 0 saturated heterocycles. The van der Waals surface area contributed by atoms with Gasteiger partial charge in [-0.25, -0.2) is 0 Å². The van der Waals surface area contributed by atoms with Crippen LogP contribution in [0.4, 0.5) is 0 Å². The molecule has 3 N–H and O–H groups in total. The smallest absolute Gasteiger partial charge is 0.124 e. The molecule has 0 aliphatic carbocycles. The monoisotopic (exact) mass is 398 g/mol. The van der Waals surface area contributed by atoms with Gasteiger partial charge in [-0.1, -0.05) is 54.1 Å². The normalized spacial score (nSPS) is 12.2. The topological polar surface area (TPSA) is 53.5 Å². The first-order valence-corrected chi connectivity index (χ1v) is 9.98. The Labute approximate surface area is 171 Å². The van der Waals surface area contributed by atoms with Crippen molar-refractivity contribution >= 4 is 22.4 Å². The van der Waals surface area contributed by atoms with Crippen LogP contribution in [0.3, 0.4) is 0 Å². The number of aliphatic hydroxyl groups is 1. The van der Waals surface area contributed by atoms with Gasteiger partial charge in [-0.3, -0.25) is 0 Å². The molecule has 0 saturated carbocycles. The van der Waals surface area contributed by atoms with E-state index in [-0.39, 0.29) is 6.10 Å². The summed E-state index contributed by atoms with van der Waals surface area (Å²) in [5.41, 5.74) is 2.24. The molecular formula is C23H27ClN2O2. The zero-order chi connectivity index (χ0) is 19.8. The summed E-state index contributed by atoms with van der Waals surface area (Å²) in [4.78, 5) is 0. The van der Waals surface area contributed by atoms with Crippen LogP contribution < -0.4 is 15.4 Å². The fourth-order valence-electron chi connectivity index (χ4n) is 3.08. The Morgan fingerprint density at radius 2 is 1.71 bits per heavy atom. The predicted octanol–water partition coefficient (Wildman–Crippen LogP) is 4.13. The van der Waals surface area contributed by atoms with Gasteiger partial charge in [-0.2, -0.15) is 0 Å². The fraction of sp³-hybridized carbons (Fsp3) is 0.304. The van der Waals surface area contributed by atoms with Crippen LogP contribution in [0.2, 0.25) is 5.02 Å². The lowest BCUT2D eigenvalue weighted by Crippen LogP contribution is -2.31. The third kappa shape index (κ3) is 5.94. The van der Waals surface area contributed by atoms with E-state index in [1.165, 1.54) is 10.8 Å². The Morgan fingerprint density at radius 3 is 2.50 bits per heavy atom. The maximum Gasteiger partial charge on any atom is 0.124 e. The largest absolute Gasteiger partial charge is 0.489 e. The van der Waals surface area contributed by atoms with Crippen LogP contribution in [0.1, 0.15) is 18.1 Å². The van der Waals surface area contributed by atoms with Crippen molar-refractivity contribution in [3.05, 3.63) is 76.8 Å². The molecule has 3 rings (SSSR count). The van der Waals surface area contributed by atoms with Crippen LogP contribution in [0.15, 0.2) is 60.7 Å². The Bertz CT molecular complexity index is 881. The maximum atomic E-state index is 9.30. The van der Waals surface area contributed by atoms with Gasteiger partial charge >= 0.3 is 0 Å². The van der Waals surface area contributed by atoms with E-state index in [1.807, 2.05) is 36.4 Å². The van der Waals surface area contributed by atoms with Gasteiger partial charge in [0.2, 0.25) is 0 Å². The number of fused-ring (bicyclic) bond motifs is 1. The lowest BCUT2D eigenvalue weighted by atomic mass is 10.0. The lowest BCUT2D eigenvalue weighted by molar-refractivity contribution is 0.191. The Hall–Kier alpha value is -2.11. The molecule has 0 aliphatic heterocycles. The van der Waals surface area contributed by atoms with Crippen LogP contribution in [-0.4, -0.2) is 30.8 Å². The zero-order valence-electron chi connectivity index (χ0n) is 16.1. The minimum Gasteiger partial charge on any atom is -0.489 e. The van der Waals surface area contributed by atoms with E-state index < -0.39 is 0 Å². The van der Waals surface area contributed by atoms with Crippen molar-refractivity contribution in [1.29, 1.82) is 0 Å². The highest BCUT2D eigenvalue weighted by molar-refractivity contribution is 6.30. The van der Waals surface area contributed by atoms with Crippen molar-refractivity contribution in [2.45, 2.75) is 26.2 Å².